The van der Waals surface area contributed by atoms with Crippen LogP contribution in [0.3, 0.4) is 0 Å². The third-order valence-corrected chi connectivity index (χ3v) is 1.82. The van der Waals surface area contributed by atoms with E-state index in [0.717, 1.165) is 0 Å². The Morgan fingerprint density at radius 2 is 1.89 bits per heavy atom. The zero-order chi connectivity index (χ0) is 13.5. The number of hydrogen-bond acceptors (Lipinski definition) is 5. The molecule has 0 atom stereocenters. The summed E-state index contributed by atoms with van der Waals surface area (Å²) in [6.07, 6.45) is 0. The van der Waals surface area contributed by atoms with E-state index < -0.39 is 30.0 Å². The molecule has 0 aliphatic carbocycles. The highest BCUT2D eigenvalue weighted by Gasteiger charge is 2.07. The number of nitro groups is 1. The number of nitrogens with zero attached hydrogens (tertiary/aromatic N) is 1. The van der Waals surface area contributed by atoms with Crippen LogP contribution in [0.15, 0.2) is 24.3 Å². The van der Waals surface area contributed by atoms with Crippen molar-refractivity contribution in [3.05, 3.63) is 34.4 Å². The molecule has 1 amide bonds. The van der Waals surface area contributed by atoms with Gasteiger partial charge < -0.3 is 15.2 Å². The fraction of sp³-hybridized carbons (Fsp3) is 0.200. The summed E-state index contributed by atoms with van der Waals surface area (Å²) in [6, 6.07) is 5.22. The quantitative estimate of drug-likeness (QED) is 0.567. The standard InChI is InChI=1S/C10H10N2O6/c13-9(5-18-6-10(14)15)11-7-1-3-8(4-2-7)12(16)17/h1-4H,5-6H2,(H,11,13)(H,14,15). The summed E-state index contributed by atoms with van der Waals surface area (Å²) in [5, 5.41) is 21.1. The molecule has 8 nitrogen and oxygen atoms in total. The molecular weight excluding hydrogens is 244 g/mol. The normalized spacial score (nSPS) is 9.78. The van der Waals surface area contributed by atoms with Crippen LogP contribution in [0, 0.1) is 10.1 Å². The molecule has 8 heteroatoms. The maximum atomic E-state index is 11.2. The van der Waals surface area contributed by atoms with Crippen LogP contribution in [-0.4, -0.2) is 35.1 Å². The molecular formula is C10H10N2O6. The molecule has 18 heavy (non-hydrogen) atoms. The molecule has 1 aromatic carbocycles. The molecule has 1 aromatic rings. The number of carbonyl (C=O) groups is 2. The summed E-state index contributed by atoms with van der Waals surface area (Å²) in [6.45, 7) is -0.961. The van der Waals surface area contributed by atoms with Gasteiger partial charge in [0.1, 0.15) is 13.2 Å². The van der Waals surface area contributed by atoms with Crippen molar-refractivity contribution < 1.29 is 24.4 Å². The van der Waals surface area contributed by atoms with E-state index in [1.54, 1.807) is 0 Å². The maximum Gasteiger partial charge on any atom is 0.329 e. The van der Waals surface area contributed by atoms with Crippen molar-refractivity contribution in [1.82, 2.24) is 0 Å². The van der Waals surface area contributed by atoms with E-state index in [1.165, 1.54) is 24.3 Å². The van der Waals surface area contributed by atoms with Gasteiger partial charge in [-0.05, 0) is 12.1 Å². The number of anilines is 1. The largest absolute Gasteiger partial charge is 0.480 e. The molecule has 0 fully saturated rings. The van der Waals surface area contributed by atoms with Crippen molar-refractivity contribution in [1.29, 1.82) is 0 Å². The van der Waals surface area contributed by atoms with Crippen LogP contribution in [-0.2, 0) is 14.3 Å². The van der Waals surface area contributed by atoms with Gasteiger partial charge >= 0.3 is 5.97 Å². The lowest BCUT2D eigenvalue weighted by Gasteiger charge is -2.04. The number of aliphatic carboxylic acids is 1. The van der Waals surface area contributed by atoms with Gasteiger partial charge in [-0.3, -0.25) is 14.9 Å². The van der Waals surface area contributed by atoms with Gasteiger partial charge in [0.05, 0.1) is 4.92 Å². The zero-order valence-corrected chi connectivity index (χ0v) is 9.16. The molecule has 0 aromatic heterocycles. The average molecular weight is 254 g/mol. The SMILES string of the molecule is O=C(O)COCC(=O)Nc1ccc([N+](=O)[O-])cc1. The molecule has 96 valence electrons. The van der Waals surface area contributed by atoms with Crippen molar-refractivity contribution in [2.75, 3.05) is 18.5 Å². The van der Waals surface area contributed by atoms with Gasteiger partial charge in [0.15, 0.2) is 0 Å². The lowest BCUT2D eigenvalue weighted by molar-refractivity contribution is -0.384. The monoisotopic (exact) mass is 254 g/mol. The molecule has 0 saturated heterocycles. The van der Waals surface area contributed by atoms with Gasteiger partial charge in [-0.2, -0.15) is 0 Å². The molecule has 2 N–H and O–H groups in total. The second kappa shape index (κ2) is 6.30. The zero-order valence-electron chi connectivity index (χ0n) is 9.16. The molecule has 0 aliphatic heterocycles. The van der Waals surface area contributed by atoms with Gasteiger partial charge in [-0.15, -0.1) is 0 Å². The van der Waals surface area contributed by atoms with E-state index in [2.05, 4.69) is 10.1 Å². The number of carboxylic acid groups (broad SMARTS) is 1. The number of carboxylic acids is 1. The van der Waals surface area contributed by atoms with E-state index >= 15 is 0 Å². The summed E-state index contributed by atoms with van der Waals surface area (Å²) in [5.41, 5.74) is 0.277. The molecule has 0 heterocycles. The number of nitrogens with one attached hydrogen (secondary N) is 1. The van der Waals surface area contributed by atoms with E-state index in [9.17, 15) is 19.7 Å². The second-order valence-electron chi connectivity index (χ2n) is 3.24. The number of amides is 1. The number of ether oxygens (including phenoxy) is 1. The van der Waals surface area contributed by atoms with Crippen LogP contribution in [0.25, 0.3) is 0 Å². The predicted octanol–water partition coefficient (Wildman–Crippen LogP) is 0.634. The highest BCUT2D eigenvalue weighted by Crippen LogP contribution is 2.15. The molecule has 0 unspecified atom stereocenters. The summed E-state index contributed by atoms with van der Waals surface area (Å²) >= 11 is 0. The first-order valence-electron chi connectivity index (χ1n) is 4.83. The molecule has 0 aliphatic rings. The van der Waals surface area contributed by atoms with Crippen LogP contribution < -0.4 is 5.32 Å². The lowest BCUT2D eigenvalue weighted by Crippen LogP contribution is -2.20. The Labute approximate surface area is 101 Å². The van der Waals surface area contributed by atoms with Crippen molar-refractivity contribution >= 4 is 23.3 Å². The van der Waals surface area contributed by atoms with Crippen LogP contribution in [0.1, 0.15) is 0 Å². The summed E-state index contributed by atoms with van der Waals surface area (Å²) in [7, 11) is 0. The van der Waals surface area contributed by atoms with Gasteiger partial charge in [-0.1, -0.05) is 0 Å². The maximum absolute atomic E-state index is 11.2. The summed E-state index contributed by atoms with van der Waals surface area (Å²) < 4.78 is 4.57. The Morgan fingerprint density at radius 3 is 2.39 bits per heavy atom. The number of nitro benzene ring substituents is 1. The lowest BCUT2D eigenvalue weighted by atomic mass is 10.3. The van der Waals surface area contributed by atoms with Gasteiger partial charge in [0.25, 0.3) is 5.69 Å². The first kappa shape index (κ1) is 13.6. The van der Waals surface area contributed by atoms with Gasteiger partial charge in [-0.25, -0.2) is 4.79 Å². The van der Waals surface area contributed by atoms with Crippen molar-refractivity contribution in [3.8, 4) is 0 Å². The molecule has 1 rings (SSSR count). The third kappa shape index (κ3) is 4.58. The van der Waals surface area contributed by atoms with Gasteiger partial charge in [0, 0.05) is 17.8 Å². The number of rotatable bonds is 6. The molecule has 0 saturated carbocycles. The minimum atomic E-state index is -1.17. The van der Waals surface area contributed by atoms with Crippen LogP contribution >= 0.6 is 0 Å². The fourth-order valence-corrected chi connectivity index (χ4v) is 1.09. The highest BCUT2D eigenvalue weighted by atomic mass is 16.6. The third-order valence-electron chi connectivity index (χ3n) is 1.82. The number of benzene rings is 1. The van der Waals surface area contributed by atoms with Gasteiger partial charge in [0.2, 0.25) is 5.91 Å². The van der Waals surface area contributed by atoms with Crippen molar-refractivity contribution in [2.45, 2.75) is 0 Å². The minimum Gasteiger partial charge on any atom is -0.480 e. The topological polar surface area (TPSA) is 119 Å². The Balaban J connectivity index is 2.44. The summed E-state index contributed by atoms with van der Waals surface area (Å²) in [5.74, 6) is -1.71. The van der Waals surface area contributed by atoms with E-state index in [-0.39, 0.29) is 5.69 Å². The van der Waals surface area contributed by atoms with Crippen LogP contribution in [0.4, 0.5) is 11.4 Å². The smallest absolute Gasteiger partial charge is 0.329 e. The Hall–Kier alpha value is -2.48. The molecule has 0 radical (unpaired) electrons. The van der Waals surface area contributed by atoms with Crippen molar-refractivity contribution in [2.24, 2.45) is 0 Å². The molecule has 0 spiro atoms. The van der Waals surface area contributed by atoms with E-state index in [1.807, 2.05) is 0 Å². The Kier molecular flexibility index (Phi) is 4.76. The number of carbonyl (C=O) groups excluding carboxylic acids is 1. The Bertz CT molecular complexity index is 456. The van der Waals surface area contributed by atoms with Crippen LogP contribution in [0.2, 0.25) is 0 Å². The fourth-order valence-electron chi connectivity index (χ4n) is 1.09. The van der Waals surface area contributed by atoms with Crippen molar-refractivity contribution in [3.63, 3.8) is 0 Å². The second-order valence-corrected chi connectivity index (χ2v) is 3.24. The predicted molar refractivity (Wildman–Crippen MR) is 60.2 cm³/mol. The van der Waals surface area contributed by atoms with E-state index in [4.69, 9.17) is 5.11 Å². The minimum absolute atomic E-state index is 0.0878. The Morgan fingerprint density at radius 1 is 1.28 bits per heavy atom. The number of non-ortho nitro benzene ring substituents is 1. The summed E-state index contributed by atoms with van der Waals surface area (Å²) in [4.78, 5) is 31.2. The molecule has 0 bridgehead atoms. The average Bonchev–Trinajstić information content (AvgIpc) is 2.29. The first-order valence-corrected chi connectivity index (χ1v) is 4.83. The van der Waals surface area contributed by atoms with E-state index in [0.29, 0.717) is 5.69 Å². The highest BCUT2D eigenvalue weighted by molar-refractivity contribution is 5.91. The number of hydrogen-bond donors (Lipinski definition) is 2. The van der Waals surface area contributed by atoms with Crippen LogP contribution in [0.5, 0.6) is 0 Å². The first-order chi connectivity index (χ1) is 8.49.